The molecule has 2 aromatic rings. The number of carbonyl (C=O) groups excluding carboxylic acids is 1. The number of aromatic nitrogens is 1. The topological polar surface area (TPSA) is 90.6 Å². The van der Waals surface area contributed by atoms with Crippen molar-refractivity contribution in [2.45, 2.75) is 25.8 Å². The number of benzene rings is 1. The van der Waals surface area contributed by atoms with E-state index in [1.807, 2.05) is 6.07 Å². The van der Waals surface area contributed by atoms with Gasteiger partial charge in [-0.15, -0.1) is 4.73 Å². The molecule has 1 spiro atoms. The van der Waals surface area contributed by atoms with Crippen LogP contribution >= 0.6 is 11.6 Å². The van der Waals surface area contributed by atoms with Crippen molar-refractivity contribution in [2.24, 2.45) is 17.3 Å². The van der Waals surface area contributed by atoms with Crippen LogP contribution in [0.4, 0.5) is 10.5 Å². The molecule has 1 aromatic heterocycles. The van der Waals surface area contributed by atoms with Crippen LogP contribution in [-0.2, 0) is 11.3 Å². The standard InChI is InChI=1S/C26H33ClN4O5/c27-21-2-1-18(22(11-21)29-8-5-26(17-29)6-9-35-10-7-26)12-28-13-19-15-30(16-20(19)14-28)25(34)36-31-23(32)3-4-24(31)33/h1-4,11,19-20,32-33H,5-10,12-17H2. The predicted molar refractivity (Wildman–Crippen MR) is 134 cm³/mol. The highest BCUT2D eigenvalue weighted by Crippen LogP contribution is 2.43. The summed E-state index contributed by atoms with van der Waals surface area (Å²) < 4.78 is 6.37. The quantitative estimate of drug-likeness (QED) is 0.645. The molecule has 2 unspecified atom stereocenters. The van der Waals surface area contributed by atoms with Crippen LogP contribution < -0.4 is 9.74 Å². The number of hydrogen-bond acceptors (Lipinski definition) is 7. The SMILES string of the molecule is O=C(On1c(O)ccc1O)N1CC2CN(Cc3ccc(Cl)cc3N3CCC4(CCOCC4)C3)CC2C1. The van der Waals surface area contributed by atoms with E-state index >= 15 is 0 Å². The first-order valence-corrected chi connectivity index (χ1v) is 13.2. The van der Waals surface area contributed by atoms with Gasteiger partial charge in [0.15, 0.2) is 0 Å². The van der Waals surface area contributed by atoms with Crippen molar-refractivity contribution in [3.8, 4) is 11.8 Å². The minimum Gasteiger partial charge on any atom is -0.492 e. The number of aromatic hydroxyl groups is 2. The maximum absolute atomic E-state index is 12.6. The lowest BCUT2D eigenvalue weighted by atomic mass is 9.80. The van der Waals surface area contributed by atoms with E-state index in [1.165, 1.54) is 29.8 Å². The number of rotatable bonds is 4. The van der Waals surface area contributed by atoms with Gasteiger partial charge in [-0.1, -0.05) is 17.7 Å². The van der Waals surface area contributed by atoms with Crippen LogP contribution in [0.25, 0.3) is 0 Å². The summed E-state index contributed by atoms with van der Waals surface area (Å²) in [5.74, 6) is 0.117. The molecule has 6 rings (SSSR count). The largest absolute Gasteiger partial charge is 0.492 e. The molecule has 10 heteroatoms. The lowest BCUT2D eigenvalue weighted by Crippen LogP contribution is -2.37. The zero-order chi connectivity index (χ0) is 24.9. The van der Waals surface area contributed by atoms with E-state index in [1.54, 1.807) is 4.90 Å². The number of nitrogens with zero attached hydrogens (tertiary/aromatic N) is 4. The molecule has 9 nitrogen and oxygen atoms in total. The molecule has 4 saturated heterocycles. The van der Waals surface area contributed by atoms with Gasteiger partial charge < -0.3 is 29.6 Å². The van der Waals surface area contributed by atoms with Gasteiger partial charge in [-0.3, -0.25) is 4.90 Å². The summed E-state index contributed by atoms with van der Waals surface area (Å²) in [6.45, 7) is 7.76. The molecule has 4 fully saturated rings. The molecule has 2 N–H and O–H groups in total. The van der Waals surface area contributed by atoms with E-state index in [-0.39, 0.29) is 11.8 Å². The Morgan fingerprint density at radius 1 is 1.03 bits per heavy atom. The van der Waals surface area contributed by atoms with Crippen LogP contribution in [0.5, 0.6) is 11.8 Å². The number of fused-ring (bicyclic) bond motifs is 1. The first-order valence-electron chi connectivity index (χ1n) is 12.8. The van der Waals surface area contributed by atoms with Crippen LogP contribution in [0.1, 0.15) is 24.8 Å². The van der Waals surface area contributed by atoms with Gasteiger partial charge in [0, 0.05) is 81.9 Å². The van der Waals surface area contributed by atoms with Crippen molar-refractivity contribution in [1.29, 1.82) is 0 Å². The molecule has 4 aliphatic heterocycles. The van der Waals surface area contributed by atoms with Gasteiger partial charge in [0.25, 0.3) is 0 Å². The molecular formula is C26H33ClN4O5. The molecule has 0 bridgehead atoms. The molecule has 1 amide bonds. The van der Waals surface area contributed by atoms with Crippen LogP contribution in [0, 0.1) is 17.3 Å². The van der Waals surface area contributed by atoms with E-state index in [2.05, 4.69) is 21.9 Å². The molecule has 5 heterocycles. The van der Waals surface area contributed by atoms with Crippen molar-refractivity contribution in [1.82, 2.24) is 14.5 Å². The summed E-state index contributed by atoms with van der Waals surface area (Å²) in [6, 6.07) is 8.82. The number of ether oxygens (including phenoxy) is 1. The van der Waals surface area contributed by atoms with E-state index in [9.17, 15) is 15.0 Å². The van der Waals surface area contributed by atoms with Crippen LogP contribution in [-0.4, -0.2) is 83.3 Å². The minimum absolute atomic E-state index is 0.314. The first-order chi connectivity index (χ1) is 17.4. The van der Waals surface area contributed by atoms with Gasteiger partial charge in [0.1, 0.15) is 0 Å². The molecular weight excluding hydrogens is 484 g/mol. The zero-order valence-electron chi connectivity index (χ0n) is 20.3. The molecule has 0 aliphatic carbocycles. The van der Waals surface area contributed by atoms with Crippen molar-refractivity contribution in [2.75, 3.05) is 57.4 Å². The van der Waals surface area contributed by atoms with E-state index in [0.717, 1.165) is 68.5 Å². The van der Waals surface area contributed by atoms with Gasteiger partial charge in [-0.2, -0.15) is 0 Å². The normalized spacial score (nSPS) is 25.6. The van der Waals surface area contributed by atoms with Crippen LogP contribution in [0.15, 0.2) is 30.3 Å². The molecule has 194 valence electrons. The Labute approximate surface area is 215 Å². The van der Waals surface area contributed by atoms with E-state index in [0.29, 0.717) is 30.3 Å². The molecule has 36 heavy (non-hydrogen) atoms. The van der Waals surface area contributed by atoms with Gasteiger partial charge in [0.2, 0.25) is 11.8 Å². The smallest absolute Gasteiger partial charge is 0.434 e. The summed E-state index contributed by atoms with van der Waals surface area (Å²) in [6.07, 6.45) is 2.92. The third kappa shape index (κ3) is 4.48. The second kappa shape index (κ2) is 9.36. The van der Waals surface area contributed by atoms with Crippen molar-refractivity contribution < 1.29 is 24.6 Å². The summed E-state index contributed by atoms with van der Waals surface area (Å²) >= 11 is 6.44. The Morgan fingerprint density at radius 3 is 2.42 bits per heavy atom. The fourth-order valence-electron chi connectivity index (χ4n) is 6.56. The Hall–Kier alpha value is -2.62. The number of likely N-dealkylation sites (tertiary alicyclic amines) is 2. The average molecular weight is 517 g/mol. The third-order valence-electron chi connectivity index (χ3n) is 8.56. The van der Waals surface area contributed by atoms with Crippen molar-refractivity contribution in [3.63, 3.8) is 0 Å². The lowest BCUT2D eigenvalue weighted by Gasteiger charge is -2.34. The minimum atomic E-state index is -0.561. The summed E-state index contributed by atoms with van der Waals surface area (Å²) in [7, 11) is 0. The Bertz CT molecular complexity index is 1100. The Balaban J connectivity index is 1.08. The number of anilines is 1. The van der Waals surface area contributed by atoms with Crippen LogP contribution in [0.3, 0.4) is 0 Å². The zero-order valence-corrected chi connectivity index (χ0v) is 21.1. The van der Waals surface area contributed by atoms with E-state index in [4.69, 9.17) is 21.2 Å². The fourth-order valence-corrected chi connectivity index (χ4v) is 6.73. The predicted octanol–water partition coefficient (Wildman–Crippen LogP) is 3.17. The maximum Gasteiger partial charge on any atom is 0.434 e. The Kier molecular flexibility index (Phi) is 6.17. The molecule has 1 aromatic carbocycles. The maximum atomic E-state index is 12.6. The first kappa shape index (κ1) is 23.8. The van der Waals surface area contributed by atoms with E-state index < -0.39 is 6.09 Å². The second-order valence-corrected chi connectivity index (χ2v) is 11.3. The average Bonchev–Trinajstić information content (AvgIpc) is 3.61. The van der Waals surface area contributed by atoms with Crippen molar-refractivity contribution in [3.05, 3.63) is 40.9 Å². The molecule has 0 saturated carbocycles. The van der Waals surface area contributed by atoms with Gasteiger partial charge >= 0.3 is 6.09 Å². The van der Waals surface area contributed by atoms with Crippen LogP contribution in [0.2, 0.25) is 5.02 Å². The summed E-state index contributed by atoms with van der Waals surface area (Å²) in [5, 5.41) is 20.2. The highest BCUT2D eigenvalue weighted by atomic mass is 35.5. The number of amides is 1. The third-order valence-corrected chi connectivity index (χ3v) is 8.80. The van der Waals surface area contributed by atoms with Gasteiger partial charge in [0.05, 0.1) is 0 Å². The van der Waals surface area contributed by atoms with Gasteiger partial charge in [-0.25, -0.2) is 4.79 Å². The fraction of sp³-hybridized carbons (Fsp3) is 0.577. The van der Waals surface area contributed by atoms with Gasteiger partial charge in [-0.05, 0) is 54.2 Å². The molecule has 4 aliphatic rings. The molecule has 2 atom stereocenters. The monoisotopic (exact) mass is 516 g/mol. The molecule has 0 radical (unpaired) electrons. The Morgan fingerprint density at radius 2 is 1.72 bits per heavy atom. The lowest BCUT2D eigenvalue weighted by molar-refractivity contribution is 0.0254. The highest BCUT2D eigenvalue weighted by Gasteiger charge is 2.43. The van der Waals surface area contributed by atoms with Crippen molar-refractivity contribution >= 4 is 23.4 Å². The summed E-state index contributed by atoms with van der Waals surface area (Å²) in [5.41, 5.74) is 2.92. The summed E-state index contributed by atoms with van der Waals surface area (Å²) in [4.78, 5) is 24.4. The number of hydrogen-bond donors (Lipinski definition) is 2. The number of halogens is 1. The highest BCUT2D eigenvalue weighted by molar-refractivity contribution is 6.30. The second-order valence-electron chi connectivity index (χ2n) is 10.9. The number of carbonyl (C=O) groups is 1.